The second-order valence-corrected chi connectivity index (χ2v) is 12.1. The number of pyridine rings is 1. The van der Waals surface area contributed by atoms with Crippen molar-refractivity contribution in [1.29, 1.82) is 0 Å². The molecule has 0 saturated carbocycles. The Balaban J connectivity index is 1.55. The largest absolute Gasteiger partial charge is 0.511 e. The number of oxime groups is 1. The lowest BCUT2D eigenvalue weighted by molar-refractivity contribution is -0.110. The van der Waals surface area contributed by atoms with Gasteiger partial charge in [-0.1, -0.05) is 31.0 Å². The number of unbranched alkanes of at least 4 members (excludes halogenated alkanes) is 2. The molecule has 1 saturated heterocycles. The summed E-state index contributed by atoms with van der Waals surface area (Å²) < 4.78 is 50.4. The van der Waals surface area contributed by atoms with Crippen molar-refractivity contribution in [3.05, 3.63) is 63.1 Å². The molecular formula is C32H38F2N4O9. The first kappa shape index (κ1) is 33.7. The van der Waals surface area contributed by atoms with E-state index < -0.39 is 64.3 Å². The lowest BCUT2D eigenvalue weighted by Gasteiger charge is -2.49. The summed E-state index contributed by atoms with van der Waals surface area (Å²) in [6.07, 6.45) is 3.87. The molecule has 0 unspecified atom stereocenters. The molecule has 2 aromatic rings. The molecule has 0 radical (unpaired) electrons. The average molecular weight is 661 g/mol. The van der Waals surface area contributed by atoms with E-state index in [1.807, 2.05) is 20.8 Å². The van der Waals surface area contributed by atoms with Crippen LogP contribution in [0, 0.1) is 11.6 Å². The third-order valence-corrected chi connectivity index (χ3v) is 9.16. The van der Waals surface area contributed by atoms with Crippen LogP contribution in [0.3, 0.4) is 0 Å². The molecule has 1 spiro atoms. The molecular weight excluding hydrogens is 622 g/mol. The summed E-state index contributed by atoms with van der Waals surface area (Å²) in [5.74, 6) is -3.30. The van der Waals surface area contributed by atoms with Crippen LogP contribution >= 0.6 is 0 Å². The summed E-state index contributed by atoms with van der Waals surface area (Å²) in [5, 5.41) is 6.62. The Labute approximate surface area is 269 Å². The maximum absolute atomic E-state index is 14.3. The fourth-order valence-corrected chi connectivity index (χ4v) is 6.28. The van der Waals surface area contributed by atoms with E-state index in [0.717, 1.165) is 18.9 Å². The number of rotatable bonds is 10. The lowest BCUT2D eigenvalue weighted by atomic mass is 9.74. The predicted octanol–water partition coefficient (Wildman–Crippen LogP) is 4.21. The number of carbonyl (C=O) groups excluding carboxylic acids is 3. The van der Waals surface area contributed by atoms with E-state index in [2.05, 4.69) is 10.5 Å². The number of nitrogens with one attached hydrogen (secondary N) is 1. The minimum absolute atomic E-state index is 0.0155. The summed E-state index contributed by atoms with van der Waals surface area (Å²) in [7, 11) is 1.47. The zero-order valence-electron chi connectivity index (χ0n) is 26.7. The molecule has 3 atom stereocenters. The molecule has 3 aliphatic heterocycles. The summed E-state index contributed by atoms with van der Waals surface area (Å²) in [6, 6.07) is 2.63. The second-order valence-electron chi connectivity index (χ2n) is 12.1. The molecule has 5 rings (SSSR count). The number of fused-ring (bicyclic) bond motifs is 5. The molecule has 2 bridgehead atoms. The topological polar surface area (TPSA) is 147 Å². The monoisotopic (exact) mass is 660 g/mol. The Hall–Kier alpha value is -4.69. The number of nitrogens with zero attached hydrogens (tertiary/aromatic N) is 3. The van der Waals surface area contributed by atoms with E-state index in [1.165, 1.54) is 23.9 Å². The maximum atomic E-state index is 14.3. The van der Waals surface area contributed by atoms with E-state index in [-0.39, 0.29) is 43.4 Å². The fraction of sp³-hybridized carbons (Fsp3) is 0.531. The van der Waals surface area contributed by atoms with E-state index in [9.17, 15) is 28.0 Å². The van der Waals surface area contributed by atoms with Gasteiger partial charge in [0.15, 0.2) is 11.3 Å². The van der Waals surface area contributed by atoms with Gasteiger partial charge in [0.25, 0.3) is 11.8 Å². The normalized spacial score (nSPS) is 22.9. The van der Waals surface area contributed by atoms with Crippen molar-refractivity contribution in [3.63, 3.8) is 0 Å². The minimum Gasteiger partial charge on any atom is -0.482 e. The van der Waals surface area contributed by atoms with Gasteiger partial charge in [0.2, 0.25) is 23.9 Å². The molecule has 4 heterocycles. The van der Waals surface area contributed by atoms with Crippen LogP contribution in [0.5, 0.6) is 5.75 Å². The van der Waals surface area contributed by atoms with Crippen LogP contribution < -0.4 is 15.5 Å². The number of methoxy groups -OCH3 is 1. The Bertz CT molecular complexity index is 1650. The van der Waals surface area contributed by atoms with Gasteiger partial charge in [0.05, 0.1) is 20.1 Å². The van der Waals surface area contributed by atoms with E-state index in [1.54, 1.807) is 4.90 Å². The van der Waals surface area contributed by atoms with Crippen LogP contribution in [-0.4, -0.2) is 72.0 Å². The van der Waals surface area contributed by atoms with E-state index in [4.69, 9.17) is 23.8 Å². The Morgan fingerprint density at radius 1 is 1.19 bits per heavy atom. The van der Waals surface area contributed by atoms with Crippen molar-refractivity contribution in [2.45, 2.75) is 83.0 Å². The summed E-state index contributed by atoms with van der Waals surface area (Å²) in [5.41, 5.74) is -3.76. The van der Waals surface area contributed by atoms with Crippen molar-refractivity contribution in [2.24, 2.45) is 5.16 Å². The van der Waals surface area contributed by atoms with Crippen molar-refractivity contribution in [2.75, 3.05) is 27.1 Å². The first-order valence-corrected chi connectivity index (χ1v) is 15.5. The molecule has 254 valence electrons. The van der Waals surface area contributed by atoms with Crippen LogP contribution in [0.25, 0.3) is 0 Å². The second kappa shape index (κ2) is 13.6. The van der Waals surface area contributed by atoms with Crippen molar-refractivity contribution in [3.8, 4) is 5.75 Å². The van der Waals surface area contributed by atoms with Gasteiger partial charge >= 0.3 is 6.16 Å². The van der Waals surface area contributed by atoms with Gasteiger partial charge in [-0.3, -0.25) is 14.4 Å². The zero-order valence-corrected chi connectivity index (χ0v) is 26.7. The standard InChI is InChI=1S/C32H38F2N4O9/c1-5-6-7-12-44-30(42)46-18-45-27-25-29(41)37-17-31(3,32(11-10-19(37)2)14-24(43-4)36-47-32)38(25)16-22(26(27)39)28(40)35-15-20-8-9-21(33)13-23(20)34/h8-9,13,16,19H,5-7,10-12,14-15,17-18H2,1-4H3,(H,35,40)/t19-,31+,32-/m0/s1. The number of halogens is 2. The average Bonchev–Trinajstić information content (AvgIpc) is 3.45. The smallest absolute Gasteiger partial charge is 0.482 e. The van der Waals surface area contributed by atoms with E-state index >= 15 is 0 Å². The predicted molar refractivity (Wildman–Crippen MR) is 162 cm³/mol. The van der Waals surface area contributed by atoms with E-state index in [0.29, 0.717) is 31.2 Å². The SMILES string of the molecule is CCCCCOC(=O)OCOc1c2n(cc(C(=O)NCc3ccc(F)cc3F)c1=O)[C@]1(C)CN(C2=O)[C@@H](C)CC[C@]12CC(OC)=NO2. The quantitative estimate of drug-likeness (QED) is 0.225. The Morgan fingerprint density at radius 2 is 1.98 bits per heavy atom. The summed E-state index contributed by atoms with van der Waals surface area (Å²) >= 11 is 0. The molecule has 3 aliphatic rings. The van der Waals surface area contributed by atoms with Gasteiger partial charge in [-0.05, 0) is 39.2 Å². The number of amides is 2. The van der Waals surface area contributed by atoms with Crippen LogP contribution in [0.1, 0.15) is 85.7 Å². The number of hydrogen-bond donors (Lipinski definition) is 1. The molecule has 2 amide bonds. The fourth-order valence-electron chi connectivity index (χ4n) is 6.28. The number of benzene rings is 1. The highest BCUT2D eigenvalue weighted by Gasteiger charge is 2.62. The maximum Gasteiger partial charge on any atom is 0.511 e. The highest BCUT2D eigenvalue weighted by Crippen LogP contribution is 2.50. The van der Waals surface area contributed by atoms with Gasteiger partial charge in [-0.2, -0.15) is 0 Å². The van der Waals surface area contributed by atoms with Crippen molar-refractivity contribution in [1.82, 2.24) is 14.8 Å². The third-order valence-electron chi connectivity index (χ3n) is 9.16. The van der Waals surface area contributed by atoms with Crippen LogP contribution in [-0.2, 0) is 31.1 Å². The van der Waals surface area contributed by atoms with Gasteiger partial charge in [-0.15, -0.1) is 0 Å². The van der Waals surface area contributed by atoms with Crippen molar-refractivity contribution >= 4 is 23.9 Å². The Morgan fingerprint density at radius 3 is 2.68 bits per heavy atom. The molecule has 47 heavy (non-hydrogen) atoms. The van der Waals surface area contributed by atoms with Crippen LogP contribution in [0.2, 0.25) is 0 Å². The molecule has 1 N–H and O–H groups in total. The molecule has 1 fully saturated rings. The minimum atomic E-state index is -1.12. The number of carbonyl (C=O) groups is 3. The summed E-state index contributed by atoms with van der Waals surface area (Å²) in [4.78, 5) is 61.4. The summed E-state index contributed by atoms with van der Waals surface area (Å²) in [6.45, 7) is 4.82. The highest BCUT2D eigenvalue weighted by atomic mass is 19.1. The number of ether oxygens (including phenoxy) is 4. The van der Waals surface area contributed by atoms with Gasteiger partial charge in [0, 0.05) is 37.0 Å². The number of hydrogen-bond acceptors (Lipinski definition) is 10. The Kier molecular flexibility index (Phi) is 9.73. The van der Waals surface area contributed by atoms with Gasteiger partial charge in [0.1, 0.15) is 22.7 Å². The zero-order chi connectivity index (χ0) is 33.9. The molecule has 1 aromatic carbocycles. The number of aromatic nitrogens is 1. The third kappa shape index (κ3) is 6.34. The molecule has 15 heteroatoms. The van der Waals surface area contributed by atoms with Crippen LogP contribution in [0.15, 0.2) is 34.3 Å². The molecule has 1 aromatic heterocycles. The first-order valence-electron chi connectivity index (χ1n) is 15.5. The van der Waals surface area contributed by atoms with Crippen molar-refractivity contribution < 1.29 is 46.9 Å². The van der Waals surface area contributed by atoms with Gasteiger partial charge < -0.3 is 38.6 Å². The molecule has 0 aliphatic carbocycles. The molecule has 13 nitrogen and oxygen atoms in total. The van der Waals surface area contributed by atoms with Crippen LogP contribution in [0.4, 0.5) is 13.6 Å². The van der Waals surface area contributed by atoms with Gasteiger partial charge in [-0.25, -0.2) is 13.6 Å². The highest BCUT2D eigenvalue weighted by molar-refractivity contribution is 5.99. The first-order chi connectivity index (χ1) is 22.4. The lowest BCUT2D eigenvalue weighted by Crippen LogP contribution is -2.63.